The van der Waals surface area contributed by atoms with Crippen LogP contribution in [0, 0.1) is 5.82 Å². The molecule has 174 valence electrons. The Balaban J connectivity index is 0.00000193. The van der Waals surface area contributed by atoms with Crippen LogP contribution in [0.25, 0.3) is 28.2 Å². The number of fused-ring (bicyclic) bond motifs is 1. The second-order valence-electron chi connectivity index (χ2n) is 6.65. The first-order valence-corrected chi connectivity index (χ1v) is 9.09. The van der Waals surface area contributed by atoms with E-state index in [1.165, 1.54) is 6.07 Å². The maximum Gasteiger partial charge on any atom is 0.405 e. The predicted molar refractivity (Wildman–Crippen MR) is 121 cm³/mol. The SMILES string of the molecule is Cl.Cl.O=C(NCC(F)(F)F)Nc1cccc(-c2cnc3cc(-c4ccc(F)cn4)ccn23)c1. The lowest BCUT2D eigenvalue weighted by Gasteiger charge is -2.11. The minimum Gasteiger partial charge on any atom is -0.329 e. The Morgan fingerprint density at radius 3 is 2.45 bits per heavy atom. The fourth-order valence-corrected chi connectivity index (χ4v) is 3.01. The maximum absolute atomic E-state index is 13.1. The Morgan fingerprint density at radius 1 is 0.970 bits per heavy atom. The third kappa shape index (κ3) is 6.33. The Labute approximate surface area is 197 Å². The van der Waals surface area contributed by atoms with E-state index in [-0.39, 0.29) is 24.8 Å². The van der Waals surface area contributed by atoms with Crippen molar-refractivity contribution in [2.24, 2.45) is 0 Å². The van der Waals surface area contributed by atoms with Crippen LogP contribution >= 0.6 is 24.8 Å². The molecule has 0 aliphatic rings. The lowest BCUT2D eigenvalue weighted by molar-refractivity contribution is -0.122. The zero-order valence-corrected chi connectivity index (χ0v) is 18.3. The number of halogens is 6. The second-order valence-corrected chi connectivity index (χ2v) is 6.65. The second kappa shape index (κ2) is 10.5. The summed E-state index contributed by atoms with van der Waals surface area (Å²) in [6, 6.07) is 12.2. The molecule has 0 fully saturated rings. The lowest BCUT2D eigenvalue weighted by atomic mass is 10.1. The van der Waals surface area contributed by atoms with E-state index in [0.717, 1.165) is 11.8 Å². The average Bonchev–Trinajstić information content (AvgIpc) is 3.16. The third-order valence-corrected chi connectivity index (χ3v) is 4.40. The fraction of sp³-hybridized carbons (Fsp3) is 0.0952. The van der Waals surface area contributed by atoms with Crippen molar-refractivity contribution < 1.29 is 22.4 Å². The summed E-state index contributed by atoms with van der Waals surface area (Å²) in [5, 5.41) is 4.14. The molecule has 0 spiro atoms. The first-order chi connectivity index (χ1) is 14.8. The van der Waals surface area contributed by atoms with Gasteiger partial charge >= 0.3 is 12.2 Å². The summed E-state index contributed by atoms with van der Waals surface area (Å²) in [7, 11) is 0. The minimum absolute atomic E-state index is 0. The number of urea groups is 1. The number of alkyl halides is 3. The molecular formula is C21H17Cl2F4N5O. The molecule has 3 aromatic heterocycles. The summed E-state index contributed by atoms with van der Waals surface area (Å²) in [5.41, 5.74) is 3.74. The van der Waals surface area contributed by atoms with Crippen molar-refractivity contribution in [3.8, 4) is 22.5 Å². The van der Waals surface area contributed by atoms with Crippen molar-refractivity contribution in [1.82, 2.24) is 19.7 Å². The quantitative estimate of drug-likeness (QED) is 0.351. The molecule has 0 aliphatic heterocycles. The number of carbonyl (C=O) groups excluding carboxylic acids is 1. The molecule has 0 saturated heterocycles. The van der Waals surface area contributed by atoms with Gasteiger partial charge in [0.2, 0.25) is 0 Å². The number of carbonyl (C=O) groups is 1. The van der Waals surface area contributed by atoms with Crippen LogP contribution in [-0.2, 0) is 0 Å². The zero-order chi connectivity index (χ0) is 22.0. The summed E-state index contributed by atoms with van der Waals surface area (Å²) in [6.07, 6.45) is 0.0755. The van der Waals surface area contributed by atoms with Crippen molar-refractivity contribution in [2.45, 2.75) is 6.18 Å². The summed E-state index contributed by atoms with van der Waals surface area (Å²) < 4.78 is 51.6. The molecule has 0 saturated carbocycles. The van der Waals surface area contributed by atoms with E-state index in [2.05, 4.69) is 15.3 Å². The van der Waals surface area contributed by atoms with Gasteiger partial charge in [0, 0.05) is 23.0 Å². The highest BCUT2D eigenvalue weighted by atomic mass is 35.5. The maximum atomic E-state index is 13.1. The van der Waals surface area contributed by atoms with E-state index in [1.807, 2.05) is 10.5 Å². The monoisotopic (exact) mass is 501 g/mol. The molecular weight excluding hydrogens is 485 g/mol. The number of amides is 2. The predicted octanol–water partition coefficient (Wildman–Crippen LogP) is 5.73. The number of imidazole rings is 1. The minimum atomic E-state index is -4.49. The molecule has 0 aliphatic carbocycles. The van der Waals surface area contributed by atoms with E-state index < -0.39 is 24.6 Å². The first-order valence-electron chi connectivity index (χ1n) is 9.09. The zero-order valence-electron chi connectivity index (χ0n) is 16.6. The summed E-state index contributed by atoms with van der Waals surface area (Å²) in [5.74, 6) is -0.423. The first kappa shape index (κ1) is 25.9. The van der Waals surface area contributed by atoms with Crippen LogP contribution in [-0.4, -0.2) is 33.1 Å². The van der Waals surface area contributed by atoms with Gasteiger partial charge in [-0.2, -0.15) is 13.2 Å². The molecule has 6 nitrogen and oxygen atoms in total. The van der Waals surface area contributed by atoms with Gasteiger partial charge in [-0.25, -0.2) is 14.2 Å². The number of hydrogen-bond acceptors (Lipinski definition) is 3. The van der Waals surface area contributed by atoms with E-state index >= 15 is 0 Å². The van der Waals surface area contributed by atoms with Crippen LogP contribution in [0.5, 0.6) is 0 Å². The van der Waals surface area contributed by atoms with Crippen molar-refractivity contribution in [2.75, 3.05) is 11.9 Å². The largest absolute Gasteiger partial charge is 0.405 e. The molecule has 4 rings (SSSR count). The van der Waals surface area contributed by atoms with Gasteiger partial charge in [-0.1, -0.05) is 12.1 Å². The molecule has 2 amide bonds. The van der Waals surface area contributed by atoms with Crippen LogP contribution in [0.2, 0.25) is 0 Å². The number of nitrogens with zero attached hydrogens (tertiary/aromatic N) is 3. The van der Waals surface area contributed by atoms with Gasteiger partial charge in [0.05, 0.1) is 23.8 Å². The smallest absolute Gasteiger partial charge is 0.329 e. The average molecular weight is 502 g/mol. The van der Waals surface area contributed by atoms with E-state index in [9.17, 15) is 22.4 Å². The number of benzene rings is 1. The molecule has 4 aromatic rings. The Hall–Kier alpha value is -3.37. The number of nitrogens with one attached hydrogen (secondary N) is 2. The van der Waals surface area contributed by atoms with E-state index in [4.69, 9.17) is 0 Å². The van der Waals surface area contributed by atoms with Crippen LogP contribution in [0.1, 0.15) is 0 Å². The lowest BCUT2D eigenvalue weighted by Crippen LogP contribution is -2.36. The van der Waals surface area contributed by atoms with Gasteiger partial charge in [0.1, 0.15) is 18.0 Å². The van der Waals surface area contributed by atoms with Crippen molar-refractivity contribution in [1.29, 1.82) is 0 Å². The summed E-state index contributed by atoms with van der Waals surface area (Å²) in [4.78, 5) is 20.1. The third-order valence-electron chi connectivity index (χ3n) is 4.40. The van der Waals surface area contributed by atoms with Gasteiger partial charge in [-0.15, -0.1) is 24.8 Å². The van der Waals surface area contributed by atoms with E-state index in [0.29, 0.717) is 28.3 Å². The van der Waals surface area contributed by atoms with Gasteiger partial charge in [-0.3, -0.25) is 9.38 Å². The number of pyridine rings is 2. The van der Waals surface area contributed by atoms with Crippen LogP contribution in [0.15, 0.2) is 67.1 Å². The molecule has 2 N–H and O–H groups in total. The topological polar surface area (TPSA) is 71.3 Å². The Bertz CT molecular complexity index is 1250. The summed E-state index contributed by atoms with van der Waals surface area (Å²) >= 11 is 0. The van der Waals surface area contributed by atoms with Gasteiger partial charge in [-0.05, 0) is 36.4 Å². The normalized spacial score (nSPS) is 10.8. The number of anilines is 1. The Kier molecular flexibility index (Phi) is 8.23. The van der Waals surface area contributed by atoms with E-state index in [1.54, 1.807) is 54.1 Å². The van der Waals surface area contributed by atoms with Gasteiger partial charge in [0.15, 0.2) is 0 Å². The Morgan fingerprint density at radius 2 is 1.76 bits per heavy atom. The summed E-state index contributed by atoms with van der Waals surface area (Å²) in [6.45, 7) is -1.42. The van der Waals surface area contributed by atoms with Crippen molar-refractivity contribution >= 4 is 42.2 Å². The number of hydrogen-bond donors (Lipinski definition) is 2. The van der Waals surface area contributed by atoms with Crippen molar-refractivity contribution in [3.63, 3.8) is 0 Å². The molecule has 3 heterocycles. The van der Waals surface area contributed by atoms with Gasteiger partial charge < -0.3 is 10.6 Å². The molecule has 0 atom stereocenters. The molecule has 0 unspecified atom stereocenters. The standard InChI is InChI=1S/C21H15F4N5O.2ClH/c22-15-4-5-17(26-10-15)13-6-7-30-18(11-27-19(30)9-13)14-2-1-3-16(8-14)29-20(31)28-12-21(23,24)25;;/h1-11H,12H2,(H2,28,29,31);2*1H. The number of rotatable bonds is 4. The highest BCUT2D eigenvalue weighted by Gasteiger charge is 2.27. The van der Waals surface area contributed by atoms with Crippen LogP contribution in [0.3, 0.4) is 0 Å². The van der Waals surface area contributed by atoms with Crippen LogP contribution < -0.4 is 10.6 Å². The highest BCUT2D eigenvalue weighted by molar-refractivity contribution is 5.90. The molecule has 12 heteroatoms. The molecule has 33 heavy (non-hydrogen) atoms. The number of aromatic nitrogens is 3. The van der Waals surface area contributed by atoms with Crippen molar-refractivity contribution in [3.05, 3.63) is 72.9 Å². The molecule has 0 radical (unpaired) electrons. The van der Waals surface area contributed by atoms with Crippen LogP contribution in [0.4, 0.5) is 28.0 Å². The molecule has 0 bridgehead atoms. The van der Waals surface area contributed by atoms with Gasteiger partial charge in [0.25, 0.3) is 0 Å². The molecule has 1 aromatic carbocycles. The highest BCUT2D eigenvalue weighted by Crippen LogP contribution is 2.26. The fourth-order valence-electron chi connectivity index (χ4n) is 3.01.